The molecule has 4 N–H and O–H groups in total. The van der Waals surface area contributed by atoms with E-state index in [0.29, 0.717) is 10.7 Å². The second kappa shape index (κ2) is 7.85. The second-order valence-electron chi connectivity index (χ2n) is 5.12. The fourth-order valence-corrected chi connectivity index (χ4v) is 2.44. The SMILES string of the molecule is COc1ccc(Nc2cc([C@H](CN)CC(=O)O)ccc2Cl)cc1. The summed E-state index contributed by atoms with van der Waals surface area (Å²) in [4.78, 5) is 10.9. The fraction of sp³-hybridized carbons (Fsp3) is 0.235. The van der Waals surface area contributed by atoms with Gasteiger partial charge in [-0.05, 0) is 48.5 Å². The second-order valence-corrected chi connectivity index (χ2v) is 5.53. The highest BCUT2D eigenvalue weighted by Crippen LogP contribution is 2.30. The van der Waals surface area contributed by atoms with Gasteiger partial charge in [0, 0.05) is 11.6 Å². The van der Waals surface area contributed by atoms with Gasteiger partial charge in [-0.3, -0.25) is 4.79 Å². The van der Waals surface area contributed by atoms with Crippen LogP contribution in [0.4, 0.5) is 11.4 Å². The Morgan fingerprint density at radius 1 is 1.30 bits per heavy atom. The molecule has 0 bridgehead atoms. The summed E-state index contributed by atoms with van der Waals surface area (Å²) >= 11 is 6.22. The van der Waals surface area contributed by atoms with E-state index >= 15 is 0 Å². The third kappa shape index (κ3) is 4.61. The van der Waals surface area contributed by atoms with E-state index in [9.17, 15) is 4.79 Å². The lowest BCUT2D eigenvalue weighted by Gasteiger charge is -2.16. The van der Waals surface area contributed by atoms with Crippen LogP contribution in [0.5, 0.6) is 5.75 Å². The monoisotopic (exact) mass is 334 g/mol. The normalized spacial score (nSPS) is 11.8. The molecule has 0 radical (unpaired) electrons. The van der Waals surface area contributed by atoms with Gasteiger partial charge in [0.2, 0.25) is 0 Å². The molecule has 0 amide bonds. The van der Waals surface area contributed by atoms with Gasteiger partial charge in [-0.15, -0.1) is 0 Å². The van der Waals surface area contributed by atoms with Gasteiger partial charge in [0.1, 0.15) is 5.75 Å². The number of nitrogens with two attached hydrogens (primary N) is 1. The van der Waals surface area contributed by atoms with E-state index in [-0.39, 0.29) is 18.9 Å². The molecular weight excluding hydrogens is 316 g/mol. The summed E-state index contributed by atoms with van der Waals surface area (Å²) in [5.41, 5.74) is 8.10. The number of carboxylic acid groups (broad SMARTS) is 1. The Balaban J connectivity index is 2.23. The van der Waals surface area contributed by atoms with E-state index in [1.165, 1.54) is 0 Å². The number of halogens is 1. The van der Waals surface area contributed by atoms with Gasteiger partial charge in [0.15, 0.2) is 0 Å². The number of hydrogen-bond donors (Lipinski definition) is 3. The van der Waals surface area contributed by atoms with Crippen molar-refractivity contribution in [2.24, 2.45) is 5.73 Å². The highest BCUT2D eigenvalue weighted by Gasteiger charge is 2.15. The first kappa shape index (κ1) is 17.1. The molecule has 0 aliphatic heterocycles. The van der Waals surface area contributed by atoms with Crippen molar-refractivity contribution in [3.63, 3.8) is 0 Å². The number of methoxy groups -OCH3 is 1. The molecule has 0 saturated carbocycles. The van der Waals surface area contributed by atoms with Crippen LogP contribution in [0.25, 0.3) is 0 Å². The molecule has 0 aliphatic rings. The Kier molecular flexibility index (Phi) is 5.84. The van der Waals surface area contributed by atoms with E-state index < -0.39 is 5.97 Å². The molecule has 0 aromatic heterocycles. The summed E-state index contributed by atoms with van der Waals surface area (Å²) in [6.07, 6.45) is -0.0138. The number of anilines is 2. The van der Waals surface area contributed by atoms with Crippen molar-refractivity contribution in [3.05, 3.63) is 53.1 Å². The maximum Gasteiger partial charge on any atom is 0.304 e. The van der Waals surface area contributed by atoms with Crippen LogP contribution in [0, 0.1) is 0 Å². The van der Waals surface area contributed by atoms with Crippen LogP contribution in [-0.2, 0) is 4.79 Å². The van der Waals surface area contributed by atoms with Crippen molar-refractivity contribution in [1.82, 2.24) is 0 Å². The van der Waals surface area contributed by atoms with Gasteiger partial charge in [-0.25, -0.2) is 0 Å². The van der Waals surface area contributed by atoms with Gasteiger partial charge >= 0.3 is 5.97 Å². The molecule has 0 heterocycles. The van der Waals surface area contributed by atoms with Gasteiger partial charge in [-0.2, -0.15) is 0 Å². The van der Waals surface area contributed by atoms with Crippen LogP contribution in [0.2, 0.25) is 5.02 Å². The van der Waals surface area contributed by atoms with Gasteiger partial charge in [-0.1, -0.05) is 17.7 Å². The molecule has 0 unspecified atom stereocenters. The van der Waals surface area contributed by atoms with E-state index in [1.54, 1.807) is 13.2 Å². The van der Waals surface area contributed by atoms with Crippen LogP contribution in [0.15, 0.2) is 42.5 Å². The average molecular weight is 335 g/mol. The third-order valence-corrected chi connectivity index (χ3v) is 3.87. The third-order valence-electron chi connectivity index (χ3n) is 3.54. The highest BCUT2D eigenvalue weighted by atomic mass is 35.5. The van der Waals surface area contributed by atoms with Gasteiger partial charge in [0.05, 0.1) is 24.2 Å². The zero-order valence-electron chi connectivity index (χ0n) is 12.8. The smallest absolute Gasteiger partial charge is 0.304 e. The predicted molar refractivity (Wildman–Crippen MR) is 91.8 cm³/mol. The number of carbonyl (C=O) groups is 1. The first-order chi connectivity index (χ1) is 11.0. The number of benzene rings is 2. The summed E-state index contributed by atoms with van der Waals surface area (Å²) in [5, 5.41) is 12.7. The number of nitrogens with one attached hydrogen (secondary N) is 1. The topological polar surface area (TPSA) is 84.6 Å². The Labute approximate surface area is 140 Å². The van der Waals surface area contributed by atoms with Crippen molar-refractivity contribution in [3.8, 4) is 5.75 Å². The lowest BCUT2D eigenvalue weighted by molar-refractivity contribution is -0.137. The van der Waals surface area contributed by atoms with Crippen LogP contribution in [0.1, 0.15) is 17.9 Å². The maximum absolute atomic E-state index is 10.9. The van der Waals surface area contributed by atoms with E-state index in [1.807, 2.05) is 36.4 Å². The summed E-state index contributed by atoms with van der Waals surface area (Å²) in [6.45, 7) is 0.260. The Bertz CT molecular complexity index is 674. The zero-order chi connectivity index (χ0) is 16.8. The minimum atomic E-state index is -0.875. The number of ether oxygens (including phenoxy) is 1. The van der Waals surface area contributed by atoms with Crippen LogP contribution in [-0.4, -0.2) is 24.7 Å². The Morgan fingerprint density at radius 2 is 2.00 bits per heavy atom. The summed E-state index contributed by atoms with van der Waals surface area (Å²) in [7, 11) is 1.61. The Hall–Kier alpha value is -2.24. The summed E-state index contributed by atoms with van der Waals surface area (Å²) in [5.74, 6) is -0.360. The lowest BCUT2D eigenvalue weighted by atomic mass is 9.95. The minimum Gasteiger partial charge on any atom is -0.497 e. The molecule has 2 aromatic carbocycles. The fourth-order valence-electron chi connectivity index (χ4n) is 2.27. The van der Waals surface area contributed by atoms with E-state index in [4.69, 9.17) is 27.2 Å². The van der Waals surface area contributed by atoms with Crippen LogP contribution in [0.3, 0.4) is 0 Å². The molecule has 0 aliphatic carbocycles. The maximum atomic E-state index is 10.9. The number of hydrogen-bond acceptors (Lipinski definition) is 4. The minimum absolute atomic E-state index is 0.0138. The van der Waals surface area contributed by atoms with Crippen LogP contribution >= 0.6 is 11.6 Å². The van der Waals surface area contributed by atoms with E-state index in [0.717, 1.165) is 17.0 Å². The van der Waals surface area contributed by atoms with Crippen molar-refractivity contribution in [2.75, 3.05) is 19.0 Å². The average Bonchev–Trinajstić information content (AvgIpc) is 2.55. The first-order valence-corrected chi connectivity index (χ1v) is 7.53. The zero-order valence-corrected chi connectivity index (χ0v) is 13.5. The molecule has 0 saturated heterocycles. The molecule has 2 rings (SSSR count). The largest absolute Gasteiger partial charge is 0.497 e. The van der Waals surface area contributed by atoms with Gasteiger partial charge in [0.25, 0.3) is 0 Å². The predicted octanol–water partition coefficient (Wildman–Crippen LogP) is 3.61. The molecule has 6 heteroatoms. The lowest BCUT2D eigenvalue weighted by Crippen LogP contribution is -2.16. The number of carboxylic acids is 1. The highest BCUT2D eigenvalue weighted by molar-refractivity contribution is 6.33. The molecule has 2 aromatic rings. The first-order valence-electron chi connectivity index (χ1n) is 7.16. The van der Waals surface area contributed by atoms with Crippen molar-refractivity contribution >= 4 is 28.9 Å². The number of aliphatic carboxylic acids is 1. The molecule has 0 fully saturated rings. The molecule has 1 atom stereocenters. The molecule has 5 nitrogen and oxygen atoms in total. The van der Waals surface area contributed by atoms with Crippen molar-refractivity contribution in [1.29, 1.82) is 0 Å². The summed E-state index contributed by atoms with van der Waals surface area (Å²) < 4.78 is 5.12. The molecule has 23 heavy (non-hydrogen) atoms. The molecular formula is C17H19ClN2O3. The standard InChI is InChI=1S/C17H19ClN2O3/c1-23-14-5-3-13(4-6-14)20-16-8-11(2-7-15(16)18)12(10-19)9-17(21)22/h2-8,12,20H,9-10,19H2,1H3,(H,21,22)/t12-/m0/s1. The molecule has 122 valence electrons. The summed E-state index contributed by atoms with van der Waals surface area (Å²) in [6, 6.07) is 12.8. The van der Waals surface area contributed by atoms with Crippen molar-refractivity contribution in [2.45, 2.75) is 12.3 Å². The quantitative estimate of drug-likeness (QED) is 0.720. The van der Waals surface area contributed by atoms with Crippen molar-refractivity contribution < 1.29 is 14.6 Å². The van der Waals surface area contributed by atoms with Gasteiger partial charge < -0.3 is 20.9 Å². The Morgan fingerprint density at radius 3 is 2.57 bits per heavy atom. The van der Waals surface area contributed by atoms with Crippen LogP contribution < -0.4 is 15.8 Å². The molecule has 0 spiro atoms. The number of rotatable bonds is 7. The van der Waals surface area contributed by atoms with E-state index in [2.05, 4.69) is 5.32 Å².